The quantitative estimate of drug-likeness (QED) is 0.0201. The maximum Gasteiger partial charge on any atom is 0.337 e. The number of esters is 4. The van der Waals surface area contributed by atoms with E-state index >= 15 is 0 Å². The van der Waals surface area contributed by atoms with Crippen LogP contribution in [0.5, 0.6) is 11.5 Å². The number of fused-ring (bicyclic) bond motifs is 1. The molecule has 27 nitrogen and oxygen atoms in total. The summed E-state index contributed by atoms with van der Waals surface area (Å²) in [6.45, 7) is 2.22. The molecule has 0 saturated carbocycles. The van der Waals surface area contributed by atoms with Gasteiger partial charge in [0.1, 0.15) is 35.9 Å². The van der Waals surface area contributed by atoms with Gasteiger partial charge in [0.05, 0.1) is 70.9 Å². The molecule has 81 heavy (non-hydrogen) atoms. The van der Waals surface area contributed by atoms with E-state index < -0.39 is 109 Å². The van der Waals surface area contributed by atoms with Crippen LogP contribution in [-0.4, -0.2) is 170 Å². The molecule has 5 aromatic rings. The number of nitro benzene ring substituents is 1. The Kier molecular flexibility index (Phi) is 21.2. The SMILES string of the molecule is COC(=O)[C@H]1O[C@H](OC[C@H]2O[C@@H](OCc3cnc4nc(/N=C/N(C)C)n(CCc5ccc([N+](=O)[O-])cc5)c(=O)c4n3)[C@H](OC(C)=O)[C@@H](OC(C)=O)[C@H]2OC(C)=O)[C@H](OCc2ccc(OC)cc2)[C@@H](OCc2ccc(OC)cc2)[C@@H]1OC. The second-order valence-corrected chi connectivity index (χ2v) is 18.6. The molecule has 10 atom stereocenters. The third-order valence-corrected chi connectivity index (χ3v) is 12.6. The van der Waals surface area contributed by atoms with Gasteiger partial charge in [0.2, 0.25) is 5.95 Å². The number of aryl methyl sites for hydroxylation is 1. The van der Waals surface area contributed by atoms with E-state index in [1.807, 2.05) is 0 Å². The third kappa shape index (κ3) is 15.9. The lowest BCUT2D eigenvalue weighted by atomic mass is 9.97. The van der Waals surface area contributed by atoms with Crippen molar-refractivity contribution in [1.29, 1.82) is 0 Å². The van der Waals surface area contributed by atoms with Gasteiger partial charge in [-0.25, -0.2) is 19.8 Å². The van der Waals surface area contributed by atoms with Crippen LogP contribution >= 0.6 is 0 Å². The van der Waals surface area contributed by atoms with Crippen LogP contribution in [0, 0.1) is 10.1 Å². The van der Waals surface area contributed by atoms with Gasteiger partial charge in [-0.05, 0) is 47.4 Å². The first-order valence-corrected chi connectivity index (χ1v) is 25.3. The molecule has 0 bridgehead atoms. The van der Waals surface area contributed by atoms with Gasteiger partial charge in [0.25, 0.3) is 11.2 Å². The number of rotatable bonds is 25. The fourth-order valence-corrected chi connectivity index (χ4v) is 8.76. The molecule has 0 radical (unpaired) electrons. The number of ether oxygens (including phenoxy) is 13. The van der Waals surface area contributed by atoms with Gasteiger partial charge in [-0.15, -0.1) is 0 Å². The van der Waals surface area contributed by atoms with E-state index in [0.717, 1.165) is 26.3 Å². The van der Waals surface area contributed by atoms with Crippen molar-refractivity contribution >= 4 is 53.0 Å². The van der Waals surface area contributed by atoms with Crippen molar-refractivity contribution in [2.75, 3.05) is 49.1 Å². The molecular weight excluding hydrogens is 1070 g/mol. The minimum atomic E-state index is -1.65. The zero-order valence-electron chi connectivity index (χ0n) is 45.9. The fraction of sp³-hybridized carbons (Fsp3) is 0.463. The zero-order valence-corrected chi connectivity index (χ0v) is 45.9. The predicted molar refractivity (Wildman–Crippen MR) is 281 cm³/mol. The lowest BCUT2D eigenvalue weighted by Gasteiger charge is -2.46. The number of carbonyl (C=O) groups excluding carboxylic acids is 4. The first kappa shape index (κ1) is 60.6. The minimum absolute atomic E-state index is 0.0106. The van der Waals surface area contributed by atoms with Crippen molar-refractivity contribution in [1.82, 2.24) is 24.4 Å². The number of aliphatic imine (C=N–C) groups is 1. The molecule has 27 heteroatoms. The van der Waals surface area contributed by atoms with Crippen LogP contribution < -0.4 is 15.0 Å². The Morgan fingerprint density at radius 2 is 1.26 bits per heavy atom. The van der Waals surface area contributed by atoms with E-state index in [2.05, 4.69) is 19.9 Å². The van der Waals surface area contributed by atoms with Crippen LogP contribution in [0.4, 0.5) is 11.6 Å². The maximum atomic E-state index is 14.3. The summed E-state index contributed by atoms with van der Waals surface area (Å²) in [6.07, 6.45) is -11.3. The second kappa shape index (κ2) is 28.4. The van der Waals surface area contributed by atoms with Gasteiger partial charge in [-0.1, -0.05) is 36.4 Å². The van der Waals surface area contributed by atoms with Crippen LogP contribution in [0.2, 0.25) is 0 Å². The molecule has 3 aromatic carbocycles. The van der Waals surface area contributed by atoms with E-state index in [4.69, 9.17) is 61.6 Å². The Labute approximate surface area is 464 Å². The van der Waals surface area contributed by atoms with E-state index in [0.29, 0.717) is 22.6 Å². The summed E-state index contributed by atoms with van der Waals surface area (Å²) in [5, 5.41) is 11.3. The number of nitrogens with zero attached hydrogens (tertiary/aromatic N) is 7. The van der Waals surface area contributed by atoms with E-state index in [-0.39, 0.29) is 54.7 Å². The number of nitro groups is 1. The third-order valence-electron chi connectivity index (χ3n) is 12.6. The van der Waals surface area contributed by atoms with E-state index in [9.17, 15) is 34.1 Å². The van der Waals surface area contributed by atoms with Gasteiger partial charge >= 0.3 is 23.9 Å². The highest BCUT2D eigenvalue weighted by atomic mass is 16.8. The molecule has 0 unspecified atom stereocenters. The van der Waals surface area contributed by atoms with E-state index in [1.54, 1.807) is 86.8 Å². The molecule has 0 spiro atoms. The van der Waals surface area contributed by atoms with Gasteiger partial charge in [-0.2, -0.15) is 4.98 Å². The monoisotopic (exact) mass is 1130 g/mol. The van der Waals surface area contributed by atoms with Crippen molar-refractivity contribution in [3.8, 4) is 11.5 Å². The number of aromatic nitrogens is 4. The van der Waals surface area contributed by atoms with Crippen LogP contribution in [0.3, 0.4) is 0 Å². The smallest absolute Gasteiger partial charge is 0.337 e. The molecule has 7 rings (SSSR count). The van der Waals surface area contributed by atoms with Crippen molar-refractivity contribution < 1.29 is 85.7 Å². The Balaban J connectivity index is 1.21. The van der Waals surface area contributed by atoms with Crippen LogP contribution in [-0.2, 0) is 104 Å². The molecule has 434 valence electrons. The first-order valence-electron chi connectivity index (χ1n) is 25.3. The summed E-state index contributed by atoms with van der Waals surface area (Å²) in [6, 6.07) is 20.0. The molecule has 0 amide bonds. The summed E-state index contributed by atoms with van der Waals surface area (Å²) in [4.78, 5) is 96.6. The van der Waals surface area contributed by atoms with Gasteiger partial charge < -0.3 is 66.5 Å². The lowest BCUT2D eigenvalue weighted by Crippen LogP contribution is -2.64. The largest absolute Gasteiger partial charge is 0.497 e. The Bertz CT molecular complexity index is 3050. The number of carbonyl (C=O) groups is 4. The molecule has 2 saturated heterocycles. The summed E-state index contributed by atoms with van der Waals surface area (Å²) in [7, 11) is 9.08. The Morgan fingerprint density at radius 3 is 1.81 bits per heavy atom. The molecule has 2 aliphatic heterocycles. The molecule has 2 fully saturated rings. The standard InChI is InChI=1S/C54H63N7O20/c1-30(62)77-42-40(28-76-52-47(74-26-35-14-20-39(70-7)21-15-35)44(43(71-8)46(81-52)51(66)72-9)73-25-34-12-18-38(69-6)19-13-34)80-53(48(79-32(3)64)45(42)78-31(2)63)75-27-36-24-55-49-41(57-36)50(65)60(54(58-49)56-29-59(4)5)23-22-33-10-16-37(17-11-33)61(67)68/h10-21,24,29,40,42-48,52-53H,22-23,25-28H2,1-9H3/b56-29+/t40-,42+,43+,44+,45+,46+,47-,48-,52+,53-/m1/s1. The van der Waals surface area contributed by atoms with Crippen LogP contribution in [0.25, 0.3) is 11.2 Å². The average Bonchev–Trinajstić information content (AvgIpc) is 3.46. The Morgan fingerprint density at radius 1 is 0.691 bits per heavy atom. The highest BCUT2D eigenvalue weighted by Crippen LogP contribution is 2.35. The van der Waals surface area contributed by atoms with Crippen molar-refractivity contribution in [3.63, 3.8) is 0 Å². The topological polar surface area (TPSA) is 308 Å². The lowest BCUT2D eigenvalue weighted by molar-refractivity contribution is -0.384. The fourth-order valence-electron chi connectivity index (χ4n) is 8.76. The molecule has 0 aliphatic carbocycles. The normalized spacial score (nSPS) is 22.6. The van der Waals surface area contributed by atoms with Gasteiger partial charge in [0.15, 0.2) is 48.2 Å². The average molecular weight is 1130 g/mol. The second-order valence-electron chi connectivity index (χ2n) is 18.6. The van der Waals surface area contributed by atoms with Crippen molar-refractivity contribution in [3.05, 3.63) is 122 Å². The summed E-state index contributed by atoms with van der Waals surface area (Å²) in [5.41, 5.74) is 1.24. The summed E-state index contributed by atoms with van der Waals surface area (Å²) >= 11 is 0. The van der Waals surface area contributed by atoms with Crippen molar-refractivity contribution in [2.45, 2.75) is 115 Å². The highest BCUT2D eigenvalue weighted by Gasteiger charge is 2.55. The summed E-state index contributed by atoms with van der Waals surface area (Å²) < 4.78 is 78.8. The highest BCUT2D eigenvalue weighted by molar-refractivity contribution is 5.76. The van der Waals surface area contributed by atoms with Crippen LogP contribution in [0.15, 0.2) is 88.8 Å². The minimum Gasteiger partial charge on any atom is -0.497 e. The number of hydrogen-bond acceptors (Lipinski definition) is 24. The molecular formula is C54H63N7O20. The van der Waals surface area contributed by atoms with Gasteiger partial charge in [-0.3, -0.25) is 33.9 Å². The van der Waals surface area contributed by atoms with Gasteiger partial charge in [0, 0.05) is 60.7 Å². The Hall–Kier alpha value is -8.05. The number of methoxy groups -OCH3 is 4. The van der Waals surface area contributed by atoms with E-state index in [1.165, 1.54) is 50.6 Å². The summed E-state index contributed by atoms with van der Waals surface area (Å²) in [5.74, 6) is -2.19. The molecule has 0 N–H and O–H groups in total. The first-order chi connectivity index (χ1) is 38.9. The molecule has 2 aromatic heterocycles. The predicted octanol–water partition coefficient (Wildman–Crippen LogP) is 3.71. The molecule has 4 heterocycles. The molecule has 2 aliphatic rings. The number of benzene rings is 3. The maximum absolute atomic E-state index is 14.3. The number of non-ortho nitro benzene ring substituents is 1. The number of hydrogen-bond donors (Lipinski definition) is 0. The van der Waals surface area contributed by atoms with Crippen LogP contribution in [0.1, 0.15) is 43.2 Å². The van der Waals surface area contributed by atoms with Crippen molar-refractivity contribution in [2.24, 2.45) is 4.99 Å². The zero-order chi connectivity index (χ0) is 58.3.